The molecule has 8 nitrogen and oxygen atoms in total. The topological polar surface area (TPSA) is 102 Å². The monoisotopic (exact) mass is 396 g/mol. The maximum atomic E-state index is 12.1. The van der Waals surface area contributed by atoms with Crippen LogP contribution in [0.3, 0.4) is 0 Å². The van der Waals surface area contributed by atoms with Crippen LogP contribution in [0.5, 0.6) is 0 Å². The fraction of sp³-hybridized carbons (Fsp3) is 0.444. The van der Waals surface area contributed by atoms with Gasteiger partial charge in [-0.2, -0.15) is 0 Å². The number of hydrogen-bond acceptors (Lipinski definition) is 6. The van der Waals surface area contributed by atoms with Gasteiger partial charge in [-0.05, 0) is 37.1 Å². The van der Waals surface area contributed by atoms with Crippen molar-refractivity contribution < 1.29 is 28.7 Å². The molecule has 0 atom stereocenters. The third kappa shape index (κ3) is 6.25. The molecule has 2 amide bonds. The molecule has 146 valence electrons. The van der Waals surface area contributed by atoms with Gasteiger partial charge in [0, 0.05) is 23.7 Å². The van der Waals surface area contributed by atoms with E-state index in [0.29, 0.717) is 36.5 Å². The van der Waals surface area contributed by atoms with Gasteiger partial charge in [-0.3, -0.25) is 19.2 Å². The van der Waals surface area contributed by atoms with Gasteiger partial charge < -0.3 is 19.7 Å². The molecule has 0 saturated carbocycles. The lowest BCUT2D eigenvalue weighted by Gasteiger charge is -2.30. The number of hydrogen-bond donors (Lipinski definition) is 1. The molecule has 0 spiro atoms. The fourth-order valence-electron chi connectivity index (χ4n) is 2.67. The van der Waals surface area contributed by atoms with Crippen molar-refractivity contribution in [3.05, 3.63) is 34.9 Å². The van der Waals surface area contributed by atoms with Crippen LogP contribution in [0.25, 0.3) is 0 Å². The van der Waals surface area contributed by atoms with E-state index in [4.69, 9.17) is 21.1 Å². The standard InChI is InChI=1S/C18H21ClN2O6/c1-26-18(25)13-6-8-21(9-7-13)15(22)11-27-16(23)10-20-17(24)12-2-4-14(19)5-3-12/h2-5,13H,6-11H2,1H3,(H,20,24). The molecule has 1 saturated heterocycles. The molecule has 1 aromatic carbocycles. The van der Waals surface area contributed by atoms with E-state index < -0.39 is 18.5 Å². The van der Waals surface area contributed by atoms with E-state index in [1.807, 2.05) is 0 Å². The Labute approximate surface area is 161 Å². The number of halogens is 1. The maximum Gasteiger partial charge on any atom is 0.325 e. The van der Waals surface area contributed by atoms with Crippen LogP contribution in [0.15, 0.2) is 24.3 Å². The first-order valence-electron chi connectivity index (χ1n) is 8.45. The van der Waals surface area contributed by atoms with Crippen molar-refractivity contribution in [1.29, 1.82) is 0 Å². The van der Waals surface area contributed by atoms with Gasteiger partial charge in [0.15, 0.2) is 6.61 Å². The maximum absolute atomic E-state index is 12.1. The Kier molecular flexibility index (Phi) is 7.60. The van der Waals surface area contributed by atoms with E-state index in [0.717, 1.165) is 0 Å². The summed E-state index contributed by atoms with van der Waals surface area (Å²) in [6, 6.07) is 6.20. The second kappa shape index (κ2) is 9.91. The number of carbonyl (C=O) groups excluding carboxylic acids is 4. The Morgan fingerprint density at radius 1 is 1.15 bits per heavy atom. The van der Waals surface area contributed by atoms with Crippen LogP contribution >= 0.6 is 11.6 Å². The van der Waals surface area contributed by atoms with E-state index in [1.165, 1.54) is 19.2 Å². The SMILES string of the molecule is COC(=O)C1CCN(C(=O)COC(=O)CNC(=O)c2ccc(Cl)cc2)CC1. The first-order valence-corrected chi connectivity index (χ1v) is 8.83. The molecule has 1 aliphatic heterocycles. The lowest BCUT2D eigenvalue weighted by atomic mass is 9.97. The predicted octanol–water partition coefficient (Wildman–Crippen LogP) is 1.02. The number of nitrogens with one attached hydrogen (secondary N) is 1. The number of benzene rings is 1. The Balaban J connectivity index is 1.68. The molecule has 0 aliphatic carbocycles. The lowest BCUT2D eigenvalue weighted by Crippen LogP contribution is -2.42. The molecular formula is C18H21ClN2O6. The number of rotatable bonds is 6. The lowest BCUT2D eigenvalue weighted by molar-refractivity contribution is -0.153. The zero-order chi connectivity index (χ0) is 19.8. The molecule has 1 aliphatic rings. The van der Waals surface area contributed by atoms with Crippen LogP contribution < -0.4 is 5.32 Å². The number of likely N-dealkylation sites (tertiary alicyclic amines) is 1. The van der Waals surface area contributed by atoms with E-state index in [2.05, 4.69) is 5.32 Å². The zero-order valence-electron chi connectivity index (χ0n) is 14.9. The Bertz CT molecular complexity index is 698. The normalized spacial score (nSPS) is 14.4. The van der Waals surface area contributed by atoms with Crippen molar-refractivity contribution in [3.63, 3.8) is 0 Å². The molecule has 1 N–H and O–H groups in total. The summed E-state index contributed by atoms with van der Waals surface area (Å²) >= 11 is 5.74. The van der Waals surface area contributed by atoms with Crippen LogP contribution in [0.2, 0.25) is 5.02 Å². The number of carbonyl (C=O) groups is 4. The minimum absolute atomic E-state index is 0.204. The van der Waals surface area contributed by atoms with Crippen LogP contribution in [-0.4, -0.2) is 62.0 Å². The first kappa shape index (κ1) is 20.7. The molecule has 9 heteroatoms. The molecule has 1 fully saturated rings. The second-order valence-electron chi connectivity index (χ2n) is 6.03. The summed E-state index contributed by atoms with van der Waals surface area (Å²) in [6.07, 6.45) is 1.03. The number of nitrogens with zero attached hydrogens (tertiary/aromatic N) is 1. The predicted molar refractivity (Wildman–Crippen MR) is 96.1 cm³/mol. The van der Waals surface area contributed by atoms with Crippen molar-refractivity contribution in [2.24, 2.45) is 5.92 Å². The van der Waals surface area contributed by atoms with Gasteiger partial charge in [-0.15, -0.1) is 0 Å². The average molecular weight is 397 g/mol. The summed E-state index contributed by atoms with van der Waals surface area (Å²) < 4.78 is 9.60. The molecule has 0 radical (unpaired) electrons. The van der Waals surface area contributed by atoms with Crippen molar-refractivity contribution in [2.75, 3.05) is 33.4 Å². The van der Waals surface area contributed by atoms with Crippen molar-refractivity contribution in [2.45, 2.75) is 12.8 Å². The highest BCUT2D eigenvalue weighted by Crippen LogP contribution is 2.18. The third-order valence-corrected chi connectivity index (χ3v) is 4.49. The minimum atomic E-state index is -0.713. The largest absolute Gasteiger partial charge is 0.469 e. The molecule has 0 aromatic heterocycles. The van der Waals surface area contributed by atoms with Gasteiger partial charge in [0.05, 0.1) is 13.0 Å². The third-order valence-electron chi connectivity index (χ3n) is 4.24. The smallest absolute Gasteiger partial charge is 0.325 e. The fourth-order valence-corrected chi connectivity index (χ4v) is 2.80. The van der Waals surface area contributed by atoms with E-state index >= 15 is 0 Å². The van der Waals surface area contributed by atoms with Crippen LogP contribution in [0, 0.1) is 5.92 Å². The van der Waals surface area contributed by atoms with Gasteiger partial charge in [-0.25, -0.2) is 0 Å². The number of ether oxygens (including phenoxy) is 2. The second-order valence-corrected chi connectivity index (χ2v) is 6.46. The summed E-state index contributed by atoms with van der Waals surface area (Å²) in [5.74, 6) is -1.97. The highest BCUT2D eigenvalue weighted by atomic mass is 35.5. The Morgan fingerprint density at radius 2 is 1.78 bits per heavy atom. The quantitative estimate of drug-likeness (QED) is 0.720. The van der Waals surface area contributed by atoms with Crippen molar-refractivity contribution in [3.8, 4) is 0 Å². The summed E-state index contributed by atoms with van der Waals surface area (Å²) in [4.78, 5) is 48.7. The highest BCUT2D eigenvalue weighted by molar-refractivity contribution is 6.30. The van der Waals surface area contributed by atoms with Crippen LogP contribution in [0.4, 0.5) is 0 Å². The first-order chi connectivity index (χ1) is 12.9. The minimum Gasteiger partial charge on any atom is -0.469 e. The van der Waals surface area contributed by atoms with Crippen molar-refractivity contribution in [1.82, 2.24) is 10.2 Å². The van der Waals surface area contributed by atoms with E-state index in [9.17, 15) is 19.2 Å². The molecule has 1 aromatic rings. The van der Waals surface area contributed by atoms with E-state index in [-0.39, 0.29) is 24.3 Å². The van der Waals surface area contributed by atoms with Gasteiger partial charge in [-0.1, -0.05) is 11.6 Å². The van der Waals surface area contributed by atoms with Crippen LogP contribution in [-0.2, 0) is 23.9 Å². The van der Waals surface area contributed by atoms with E-state index in [1.54, 1.807) is 17.0 Å². The molecule has 27 heavy (non-hydrogen) atoms. The molecule has 1 heterocycles. The number of esters is 2. The molecule has 0 unspecified atom stereocenters. The zero-order valence-corrected chi connectivity index (χ0v) is 15.7. The summed E-state index contributed by atoms with van der Waals surface area (Å²) in [7, 11) is 1.34. The van der Waals surface area contributed by atoms with Gasteiger partial charge in [0.2, 0.25) is 0 Å². The number of amides is 2. The molecule has 2 rings (SSSR count). The van der Waals surface area contributed by atoms with Gasteiger partial charge in [0.25, 0.3) is 11.8 Å². The number of piperidine rings is 1. The summed E-state index contributed by atoms with van der Waals surface area (Å²) in [5, 5.41) is 2.91. The summed E-state index contributed by atoms with van der Waals surface area (Å²) in [5.41, 5.74) is 0.358. The summed E-state index contributed by atoms with van der Waals surface area (Å²) in [6.45, 7) is 0.0601. The van der Waals surface area contributed by atoms with Gasteiger partial charge >= 0.3 is 11.9 Å². The Morgan fingerprint density at radius 3 is 2.37 bits per heavy atom. The van der Waals surface area contributed by atoms with Crippen molar-refractivity contribution >= 4 is 35.4 Å². The number of methoxy groups -OCH3 is 1. The Hall–Kier alpha value is -2.61. The molecular weight excluding hydrogens is 376 g/mol. The van der Waals surface area contributed by atoms with Crippen LogP contribution in [0.1, 0.15) is 23.2 Å². The average Bonchev–Trinajstić information content (AvgIpc) is 2.70. The highest BCUT2D eigenvalue weighted by Gasteiger charge is 2.28. The molecule has 0 bridgehead atoms. The van der Waals surface area contributed by atoms with Gasteiger partial charge in [0.1, 0.15) is 6.54 Å².